The lowest BCUT2D eigenvalue weighted by Gasteiger charge is -2.54. The molecule has 0 spiro atoms. The number of carbonyl (C=O) groups excluding carboxylic acids is 1. The molecule has 0 aromatic heterocycles. The molecule has 1 fully saturated rings. The third-order valence-corrected chi connectivity index (χ3v) is 7.21. The number of hydrogen-bond donors (Lipinski definition) is 1. The molecule has 2 aliphatic rings. The maximum Gasteiger partial charge on any atom is 0.312 e. The smallest absolute Gasteiger partial charge is 0.312 e. The van der Waals surface area contributed by atoms with Crippen molar-refractivity contribution in [2.24, 2.45) is 11.3 Å². The first kappa shape index (κ1) is 21.3. The summed E-state index contributed by atoms with van der Waals surface area (Å²) in [5.74, 6) is 0.755. The molecule has 0 saturated heterocycles. The van der Waals surface area contributed by atoms with Gasteiger partial charge in [-0.2, -0.15) is 0 Å². The number of rotatable bonds is 7. The SMILES string of the molecule is CC(C)c1ccc2c(c1)CCC1C2(C)CCC[C@]1(C)C(=O)OCCOCCO. The van der Waals surface area contributed by atoms with Crippen LogP contribution in [0.25, 0.3) is 0 Å². The first-order valence-corrected chi connectivity index (χ1v) is 10.8. The zero-order valence-electron chi connectivity index (χ0n) is 17.9. The van der Waals surface area contributed by atoms with Gasteiger partial charge in [-0.25, -0.2) is 0 Å². The number of aryl methyl sites for hydroxylation is 1. The lowest BCUT2D eigenvalue weighted by Crippen LogP contribution is -2.53. The van der Waals surface area contributed by atoms with E-state index in [-0.39, 0.29) is 31.2 Å². The van der Waals surface area contributed by atoms with E-state index < -0.39 is 5.41 Å². The highest BCUT2D eigenvalue weighted by atomic mass is 16.6. The molecule has 2 aliphatic carbocycles. The fourth-order valence-corrected chi connectivity index (χ4v) is 5.64. The zero-order valence-corrected chi connectivity index (χ0v) is 17.9. The molecule has 0 aliphatic heterocycles. The second kappa shape index (κ2) is 8.54. The minimum Gasteiger partial charge on any atom is -0.463 e. The van der Waals surface area contributed by atoms with Crippen LogP contribution in [-0.4, -0.2) is 37.5 Å². The van der Waals surface area contributed by atoms with E-state index in [0.29, 0.717) is 18.4 Å². The first-order chi connectivity index (χ1) is 13.3. The zero-order chi connectivity index (χ0) is 20.4. The van der Waals surface area contributed by atoms with Crippen LogP contribution in [0.15, 0.2) is 18.2 Å². The molecule has 1 saturated carbocycles. The van der Waals surface area contributed by atoms with E-state index in [9.17, 15) is 4.79 Å². The fraction of sp³-hybridized carbons (Fsp3) is 0.708. The largest absolute Gasteiger partial charge is 0.463 e. The van der Waals surface area contributed by atoms with E-state index in [0.717, 1.165) is 32.1 Å². The van der Waals surface area contributed by atoms with Gasteiger partial charge in [0.25, 0.3) is 0 Å². The Kier molecular flexibility index (Phi) is 6.51. The van der Waals surface area contributed by atoms with Crippen LogP contribution >= 0.6 is 0 Å². The second-order valence-electron chi connectivity index (χ2n) is 9.32. The van der Waals surface area contributed by atoms with Gasteiger partial charge in [-0.1, -0.05) is 45.4 Å². The predicted octanol–water partition coefficient (Wildman–Crippen LogP) is 4.37. The van der Waals surface area contributed by atoms with Gasteiger partial charge in [0, 0.05) is 0 Å². The molecule has 3 atom stereocenters. The summed E-state index contributed by atoms with van der Waals surface area (Å²) < 4.78 is 10.8. The van der Waals surface area contributed by atoms with E-state index in [4.69, 9.17) is 14.6 Å². The molecule has 0 heterocycles. The van der Waals surface area contributed by atoms with Crippen molar-refractivity contribution in [3.05, 3.63) is 34.9 Å². The average Bonchev–Trinajstić information content (AvgIpc) is 2.67. The van der Waals surface area contributed by atoms with Crippen molar-refractivity contribution >= 4 is 5.97 Å². The van der Waals surface area contributed by atoms with Gasteiger partial charge in [-0.15, -0.1) is 0 Å². The van der Waals surface area contributed by atoms with E-state index in [1.54, 1.807) is 0 Å². The number of carbonyl (C=O) groups is 1. The van der Waals surface area contributed by atoms with Crippen molar-refractivity contribution < 1.29 is 19.4 Å². The Morgan fingerprint density at radius 3 is 2.71 bits per heavy atom. The van der Waals surface area contributed by atoms with Crippen molar-refractivity contribution in [1.29, 1.82) is 0 Å². The molecule has 2 unspecified atom stereocenters. The summed E-state index contributed by atoms with van der Waals surface area (Å²) in [7, 11) is 0. The van der Waals surface area contributed by atoms with Gasteiger partial charge in [0.05, 0.1) is 25.2 Å². The number of aliphatic hydroxyl groups is 1. The third kappa shape index (κ3) is 3.86. The molecule has 0 amide bonds. The van der Waals surface area contributed by atoms with E-state index in [1.165, 1.54) is 16.7 Å². The molecule has 0 radical (unpaired) electrons. The van der Waals surface area contributed by atoms with Crippen molar-refractivity contribution in [1.82, 2.24) is 0 Å². The van der Waals surface area contributed by atoms with Crippen molar-refractivity contribution in [2.75, 3.05) is 26.4 Å². The summed E-state index contributed by atoms with van der Waals surface area (Å²) in [4.78, 5) is 13.1. The molecular weight excluding hydrogens is 352 g/mol. The third-order valence-electron chi connectivity index (χ3n) is 7.21. The van der Waals surface area contributed by atoms with Crippen LogP contribution in [0.5, 0.6) is 0 Å². The van der Waals surface area contributed by atoms with Crippen LogP contribution in [0.4, 0.5) is 0 Å². The highest BCUT2D eigenvalue weighted by Gasteiger charge is 2.55. The number of ether oxygens (including phenoxy) is 2. The normalized spacial score (nSPS) is 29.3. The fourth-order valence-electron chi connectivity index (χ4n) is 5.64. The molecule has 28 heavy (non-hydrogen) atoms. The van der Waals surface area contributed by atoms with Crippen LogP contribution in [-0.2, 0) is 26.1 Å². The van der Waals surface area contributed by atoms with Gasteiger partial charge < -0.3 is 14.6 Å². The summed E-state index contributed by atoms with van der Waals surface area (Å²) in [5, 5.41) is 8.77. The summed E-state index contributed by atoms with van der Waals surface area (Å²) in [6, 6.07) is 7.00. The van der Waals surface area contributed by atoms with Gasteiger partial charge >= 0.3 is 5.97 Å². The van der Waals surface area contributed by atoms with Crippen molar-refractivity contribution in [3.63, 3.8) is 0 Å². The minimum absolute atomic E-state index is 0.00990. The molecule has 3 rings (SSSR count). The van der Waals surface area contributed by atoms with Crippen LogP contribution in [0, 0.1) is 11.3 Å². The molecule has 4 nitrogen and oxygen atoms in total. The molecule has 4 heteroatoms. The van der Waals surface area contributed by atoms with E-state index in [2.05, 4.69) is 45.9 Å². The Morgan fingerprint density at radius 2 is 2.00 bits per heavy atom. The molecule has 1 N–H and O–H groups in total. The Balaban J connectivity index is 1.79. The highest BCUT2D eigenvalue weighted by Crippen LogP contribution is 2.57. The second-order valence-corrected chi connectivity index (χ2v) is 9.32. The molecular formula is C24H36O4. The lowest BCUT2D eigenvalue weighted by molar-refractivity contribution is -0.166. The highest BCUT2D eigenvalue weighted by molar-refractivity contribution is 5.77. The number of benzene rings is 1. The maximum absolute atomic E-state index is 13.1. The summed E-state index contributed by atoms with van der Waals surface area (Å²) in [6.45, 7) is 9.82. The summed E-state index contributed by atoms with van der Waals surface area (Å²) >= 11 is 0. The number of hydrogen-bond acceptors (Lipinski definition) is 4. The van der Waals surface area contributed by atoms with E-state index in [1.807, 2.05) is 0 Å². The topological polar surface area (TPSA) is 55.8 Å². The Bertz CT molecular complexity index is 698. The van der Waals surface area contributed by atoms with Gasteiger partial charge in [0.1, 0.15) is 6.61 Å². The average molecular weight is 389 g/mol. The van der Waals surface area contributed by atoms with E-state index >= 15 is 0 Å². The standard InChI is InChI=1S/C24H36O4/c1-17(2)18-6-8-20-19(16-18)7-9-21-23(20,3)10-5-11-24(21,4)22(26)28-15-14-27-13-12-25/h6,8,16-17,21,25H,5,7,9-15H2,1-4H3/t21?,23?,24-/m0/s1. The van der Waals surface area contributed by atoms with Gasteiger partial charge in [-0.3, -0.25) is 4.79 Å². The Hall–Kier alpha value is -1.39. The number of aliphatic hydroxyl groups excluding tert-OH is 1. The van der Waals surface area contributed by atoms with Crippen LogP contribution in [0.2, 0.25) is 0 Å². The Morgan fingerprint density at radius 1 is 1.21 bits per heavy atom. The monoisotopic (exact) mass is 388 g/mol. The van der Waals surface area contributed by atoms with Gasteiger partial charge in [0.15, 0.2) is 0 Å². The molecule has 156 valence electrons. The van der Waals surface area contributed by atoms with Gasteiger partial charge in [0.2, 0.25) is 0 Å². The van der Waals surface area contributed by atoms with Crippen LogP contribution in [0.1, 0.15) is 76.0 Å². The maximum atomic E-state index is 13.1. The quantitative estimate of drug-likeness (QED) is 0.557. The van der Waals surface area contributed by atoms with Crippen molar-refractivity contribution in [2.45, 2.75) is 71.1 Å². The molecule has 1 aromatic rings. The van der Waals surface area contributed by atoms with Gasteiger partial charge in [-0.05, 0) is 66.5 Å². The summed E-state index contributed by atoms with van der Waals surface area (Å²) in [5.41, 5.74) is 3.90. The first-order valence-electron chi connectivity index (χ1n) is 10.8. The Labute approximate surface area is 169 Å². The van der Waals surface area contributed by atoms with Crippen LogP contribution in [0.3, 0.4) is 0 Å². The predicted molar refractivity (Wildman–Crippen MR) is 111 cm³/mol. The molecule has 1 aromatic carbocycles. The lowest BCUT2D eigenvalue weighted by atomic mass is 9.49. The van der Waals surface area contributed by atoms with Crippen molar-refractivity contribution in [3.8, 4) is 0 Å². The number of fused-ring (bicyclic) bond motifs is 3. The molecule has 0 bridgehead atoms. The summed E-state index contributed by atoms with van der Waals surface area (Å²) in [6.07, 6.45) is 5.15. The number of esters is 1. The minimum atomic E-state index is -0.446. The van der Waals surface area contributed by atoms with Crippen LogP contribution < -0.4 is 0 Å².